The average Bonchev–Trinajstić information content (AvgIpc) is 2.71. The van der Waals surface area contributed by atoms with Crippen molar-refractivity contribution >= 4 is 44.6 Å². The summed E-state index contributed by atoms with van der Waals surface area (Å²) in [6, 6.07) is 3.06. The number of aliphatic hydroxyl groups is 1. The highest BCUT2D eigenvalue weighted by molar-refractivity contribution is 9.10. The van der Waals surface area contributed by atoms with Crippen LogP contribution in [0.5, 0.6) is 0 Å². The predicted molar refractivity (Wildman–Crippen MR) is 57.1 cm³/mol. The number of carbonyl (C=O) groups is 2. The van der Waals surface area contributed by atoms with Gasteiger partial charge in [0.15, 0.2) is 16.2 Å². The second-order valence-corrected chi connectivity index (χ2v) is 4.39. The molecule has 0 aliphatic carbocycles. The predicted octanol–water partition coefficient (Wildman–Crippen LogP) is 2.25. The second kappa shape index (κ2) is 3.74. The van der Waals surface area contributed by atoms with Crippen LogP contribution < -0.4 is 5.32 Å². The molecule has 0 aromatic carbocycles. The first kappa shape index (κ1) is 10.3. The van der Waals surface area contributed by atoms with Crippen molar-refractivity contribution in [2.75, 3.05) is 0 Å². The molecule has 2 amide bonds. The zero-order chi connectivity index (χ0) is 11.0. The van der Waals surface area contributed by atoms with Gasteiger partial charge in [0.05, 0.1) is 0 Å². The molecule has 0 spiro atoms. The molecule has 2 N–H and O–H groups in total. The highest BCUT2D eigenvalue weighted by Crippen LogP contribution is 2.31. The van der Waals surface area contributed by atoms with E-state index in [-0.39, 0.29) is 16.4 Å². The van der Waals surface area contributed by atoms with Crippen LogP contribution in [0.4, 0.5) is 4.79 Å². The number of halogens is 1. The van der Waals surface area contributed by atoms with Crippen LogP contribution in [0.2, 0.25) is 0 Å². The average molecular weight is 290 g/mol. The minimum atomic E-state index is -0.616. The van der Waals surface area contributed by atoms with Gasteiger partial charge in [0.1, 0.15) is 4.91 Å². The molecule has 1 aliphatic rings. The zero-order valence-corrected chi connectivity index (χ0v) is 9.52. The van der Waals surface area contributed by atoms with Gasteiger partial charge in [0.2, 0.25) is 0 Å². The summed E-state index contributed by atoms with van der Waals surface area (Å²) in [4.78, 5) is 22.0. The van der Waals surface area contributed by atoms with Gasteiger partial charge in [-0.1, -0.05) is 0 Å². The largest absolute Gasteiger partial charge is 0.503 e. The number of hydrogen-bond acceptors (Lipinski definition) is 5. The van der Waals surface area contributed by atoms with Crippen molar-refractivity contribution in [2.24, 2.45) is 0 Å². The molecule has 78 valence electrons. The fourth-order valence-electron chi connectivity index (χ4n) is 1.02. The molecule has 0 saturated carbocycles. The van der Waals surface area contributed by atoms with Crippen molar-refractivity contribution in [3.63, 3.8) is 0 Å². The van der Waals surface area contributed by atoms with E-state index in [1.54, 1.807) is 6.07 Å². The molecule has 5 nitrogen and oxygen atoms in total. The number of imide groups is 1. The summed E-state index contributed by atoms with van der Waals surface area (Å²) < 4.78 is 5.48. The Morgan fingerprint density at radius 3 is 2.67 bits per heavy atom. The lowest BCUT2D eigenvalue weighted by molar-refractivity contribution is -0.115. The molecular weight excluding hydrogens is 286 g/mol. The van der Waals surface area contributed by atoms with Crippen LogP contribution in [0.1, 0.15) is 5.76 Å². The lowest BCUT2D eigenvalue weighted by Gasteiger charge is -1.96. The van der Waals surface area contributed by atoms with Crippen LogP contribution >= 0.6 is 27.7 Å². The van der Waals surface area contributed by atoms with E-state index in [0.717, 1.165) is 0 Å². The molecule has 0 atom stereocenters. The van der Waals surface area contributed by atoms with Gasteiger partial charge in [0.25, 0.3) is 11.1 Å². The van der Waals surface area contributed by atoms with Gasteiger partial charge in [-0.05, 0) is 39.8 Å². The van der Waals surface area contributed by atoms with Crippen LogP contribution in [0.3, 0.4) is 0 Å². The number of aliphatic hydroxyl groups excluding tert-OH is 1. The molecule has 2 heterocycles. The summed E-state index contributed by atoms with van der Waals surface area (Å²) in [5, 5.41) is 11.2. The number of furan rings is 1. The van der Waals surface area contributed by atoms with E-state index in [9.17, 15) is 14.7 Å². The number of hydrogen-bond donors (Lipinski definition) is 2. The molecule has 1 fully saturated rings. The van der Waals surface area contributed by atoms with E-state index in [1.807, 2.05) is 5.32 Å². The van der Waals surface area contributed by atoms with Crippen molar-refractivity contribution in [2.45, 2.75) is 0 Å². The van der Waals surface area contributed by atoms with E-state index in [4.69, 9.17) is 4.42 Å². The Kier molecular flexibility index (Phi) is 2.57. The third-order valence-corrected chi connectivity index (χ3v) is 2.93. The number of carbonyl (C=O) groups excluding carboxylic acids is 2. The van der Waals surface area contributed by atoms with E-state index in [2.05, 4.69) is 15.9 Å². The SMILES string of the molecule is O=C1NC(=O)C(=C(O)c2ccc(Br)o2)S1. The Morgan fingerprint density at radius 2 is 2.20 bits per heavy atom. The van der Waals surface area contributed by atoms with Crippen LogP contribution in [0.25, 0.3) is 5.76 Å². The monoisotopic (exact) mass is 289 g/mol. The first-order valence-corrected chi connectivity index (χ1v) is 5.41. The number of rotatable bonds is 1. The van der Waals surface area contributed by atoms with Crippen LogP contribution in [-0.2, 0) is 4.79 Å². The lowest BCUT2D eigenvalue weighted by atomic mass is 10.3. The van der Waals surface area contributed by atoms with Crippen LogP contribution in [0, 0.1) is 0 Å². The normalized spacial score (nSPS) is 19.3. The third kappa shape index (κ3) is 1.93. The molecule has 2 rings (SSSR count). The van der Waals surface area contributed by atoms with Crippen molar-refractivity contribution in [3.05, 3.63) is 27.5 Å². The fraction of sp³-hybridized carbons (Fsp3) is 0. The molecule has 1 saturated heterocycles. The second-order valence-electron chi connectivity index (χ2n) is 2.63. The summed E-state index contributed by atoms with van der Waals surface area (Å²) in [7, 11) is 0. The summed E-state index contributed by atoms with van der Waals surface area (Å²) in [5.74, 6) is -0.821. The van der Waals surface area contributed by atoms with Gasteiger partial charge in [0, 0.05) is 0 Å². The van der Waals surface area contributed by atoms with E-state index in [0.29, 0.717) is 16.4 Å². The number of nitrogens with one attached hydrogen (secondary N) is 1. The first-order valence-electron chi connectivity index (χ1n) is 3.80. The van der Waals surface area contributed by atoms with E-state index in [1.165, 1.54) is 6.07 Å². The minimum absolute atomic E-state index is 0.0538. The van der Waals surface area contributed by atoms with Gasteiger partial charge in [-0.3, -0.25) is 14.9 Å². The maximum Gasteiger partial charge on any atom is 0.291 e. The molecule has 15 heavy (non-hydrogen) atoms. The molecule has 0 radical (unpaired) electrons. The van der Waals surface area contributed by atoms with Gasteiger partial charge >= 0.3 is 0 Å². The van der Waals surface area contributed by atoms with Gasteiger partial charge in [-0.2, -0.15) is 0 Å². The number of thioether (sulfide) groups is 1. The summed E-state index contributed by atoms with van der Waals surface area (Å²) in [6.45, 7) is 0. The molecule has 1 aliphatic heterocycles. The molecule has 0 unspecified atom stereocenters. The van der Waals surface area contributed by atoms with Gasteiger partial charge in [-0.15, -0.1) is 0 Å². The maximum absolute atomic E-state index is 11.2. The van der Waals surface area contributed by atoms with E-state index < -0.39 is 11.1 Å². The van der Waals surface area contributed by atoms with Crippen molar-refractivity contribution in [3.8, 4) is 0 Å². The minimum Gasteiger partial charge on any atom is -0.503 e. The molecule has 1 aromatic heterocycles. The third-order valence-electron chi connectivity index (χ3n) is 1.64. The highest BCUT2D eigenvalue weighted by atomic mass is 79.9. The fourth-order valence-corrected chi connectivity index (χ4v) is 2.00. The number of amides is 2. The maximum atomic E-state index is 11.2. The van der Waals surface area contributed by atoms with Gasteiger partial charge in [-0.25, -0.2) is 0 Å². The Labute approximate surface area is 96.6 Å². The topological polar surface area (TPSA) is 79.5 Å². The van der Waals surface area contributed by atoms with Crippen LogP contribution in [0.15, 0.2) is 26.1 Å². The molecule has 7 heteroatoms. The Balaban J connectivity index is 2.41. The smallest absolute Gasteiger partial charge is 0.291 e. The molecule has 0 bridgehead atoms. The van der Waals surface area contributed by atoms with Crippen LogP contribution in [-0.4, -0.2) is 16.3 Å². The van der Waals surface area contributed by atoms with E-state index >= 15 is 0 Å². The van der Waals surface area contributed by atoms with Crippen molar-refractivity contribution < 1.29 is 19.1 Å². The zero-order valence-electron chi connectivity index (χ0n) is 7.11. The summed E-state index contributed by atoms with van der Waals surface area (Å²) in [5.41, 5.74) is 0. The van der Waals surface area contributed by atoms with Gasteiger partial charge < -0.3 is 9.52 Å². The Bertz CT molecular complexity index is 479. The summed E-state index contributed by atoms with van der Waals surface area (Å²) in [6.07, 6.45) is 0. The molecule has 1 aromatic rings. The quantitative estimate of drug-likeness (QED) is 0.612. The Morgan fingerprint density at radius 1 is 1.47 bits per heavy atom. The Hall–Kier alpha value is -1.21. The first-order chi connectivity index (χ1) is 7.08. The highest BCUT2D eigenvalue weighted by Gasteiger charge is 2.30. The lowest BCUT2D eigenvalue weighted by Crippen LogP contribution is -2.18. The summed E-state index contributed by atoms with van der Waals surface area (Å²) >= 11 is 3.70. The van der Waals surface area contributed by atoms with Crippen molar-refractivity contribution in [1.82, 2.24) is 5.32 Å². The molecular formula is C8H4BrNO4S. The van der Waals surface area contributed by atoms with Crippen molar-refractivity contribution in [1.29, 1.82) is 0 Å². The standard InChI is InChI=1S/C8H4BrNO4S/c9-4-2-1-3(14-4)5(11)6-7(12)10-8(13)15-6/h1-2,11H,(H,10,12,13).